The lowest BCUT2D eigenvalue weighted by atomic mass is 10.0. The topological polar surface area (TPSA) is 88.5 Å². The highest BCUT2D eigenvalue weighted by molar-refractivity contribution is 7.99. The summed E-state index contributed by atoms with van der Waals surface area (Å²) in [6.45, 7) is 5.23. The lowest BCUT2D eigenvalue weighted by molar-refractivity contribution is 0.0928. The SMILES string of the molecule is CCCCn1c(C(Cc2c[nH]c3ccccc23)NC(=O)c2cnccn2)nc2cc(SCCC)ccc21. The number of rotatable bonds is 11. The Morgan fingerprint density at radius 3 is 2.84 bits per heavy atom. The number of carbonyl (C=O) groups is 1. The molecule has 3 heterocycles. The van der Waals surface area contributed by atoms with Crippen molar-refractivity contribution in [2.24, 2.45) is 0 Å². The monoisotopic (exact) mass is 512 g/mol. The van der Waals surface area contributed by atoms with E-state index in [9.17, 15) is 4.79 Å². The second-order valence-corrected chi connectivity index (χ2v) is 10.3. The van der Waals surface area contributed by atoms with Gasteiger partial charge in [-0.15, -0.1) is 11.8 Å². The van der Waals surface area contributed by atoms with Gasteiger partial charge in [0.25, 0.3) is 5.91 Å². The average Bonchev–Trinajstić information content (AvgIpc) is 3.51. The number of thioether (sulfide) groups is 1. The Bertz CT molecular complexity index is 1490. The van der Waals surface area contributed by atoms with Crippen molar-refractivity contribution < 1.29 is 4.79 Å². The molecule has 1 unspecified atom stereocenters. The Kier molecular flexibility index (Phi) is 7.84. The Morgan fingerprint density at radius 2 is 2.03 bits per heavy atom. The van der Waals surface area contributed by atoms with Crippen molar-refractivity contribution in [3.63, 3.8) is 0 Å². The van der Waals surface area contributed by atoms with Crippen LogP contribution in [0.4, 0.5) is 0 Å². The molecule has 5 rings (SSSR count). The van der Waals surface area contributed by atoms with Crippen LogP contribution < -0.4 is 5.32 Å². The molecule has 5 aromatic rings. The number of imidazole rings is 1. The maximum atomic E-state index is 13.3. The summed E-state index contributed by atoms with van der Waals surface area (Å²) < 4.78 is 2.28. The number of aromatic nitrogens is 5. The first kappa shape index (κ1) is 25.0. The molecule has 0 aliphatic carbocycles. The smallest absolute Gasteiger partial charge is 0.272 e. The quantitative estimate of drug-likeness (QED) is 0.202. The maximum Gasteiger partial charge on any atom is 0.272 e. The highest BCUT2D eigenvalue weighted by Crippen LogP contribution is 2.30. The highest BCUT2D eigenvalue weighted by atomic mass is 32.2. The van der Waals surface area contributed by atoms with Gasteiger partial charge in [0.05, 0.1) is 23.3 Å². The van der Waals surface area contributed by atoms with Crippen molar-refractivity contribution in [2.45, 2.75) is 57.0 Å². The summed E-state index contributed by atoms with van der Waals surface area (Å²) in [6.07, 6.45) is 10.5. The minimum Gasteiger partial charge on any atom is -0.361 e. The molecule has 2 N–H and O–H groups in total. The van der Waals surface area contributed by atoms with Crippen LogP contribution >= 0.6 is 11.8 Å². The van der Waals surface area contributed by atoms with Crippen molar-refractivity contribution in [3.05, 3.63) is 84.3 Å². The maximum absolute atomic E-state index is 13.3. The summed E-state index contributed by atoms with van der Waals surface area (Å²) >= 11 is 1.85. The fraction of sp³-hybridized carbons (Fsp3) is 0.310. The zero-order valence-electron chi connectivity index (χ0n) is 21.3. The summed E-state index contributed by atoms with van der Waals surface area (Å²) in [4.78, 5) is 31.3. The number of unbranched alkanes of at least 4 members (excludes halogenated alkanes) is 1. The second kappa shape index (κ2) is 11.6. The van der Waals surface area contributed by atoms with Gasteiger partial charge in [-0.2, -0.15) is 0 Å². The number of nitrogens with zero attached hydrogens (tertiary/aromatic N) is 4. The van der Waals surface area contributed by atoms with Gasteiger partial charge in [0.15, 0.2) is 0 Å². The van der Waals surface area contributed by atoms with Crippen LogP contribution in [-0.2, 0) is 13.0 Å². The predicted molar refractivity (Wildman–Crippen MR) is 150 cm³/mol. The fourth-order valence-corrected chi connectivity index (χ4v) is 5.43. The molecule has 0 bridgehead atoms. The first-order valence-electron chi connectivity index (χ1n) is 12.9. The van der Waals surface area contributed by atoms with Crippen LogP contribution in [0.1, 0.15) is 61.0 Å². The number of aryl methyl sites for hydroxylation is 1. The largest absolute Gasteiger partial charge is 0.361 e. The Labute approximate surface area is 221 Å². The lowest BCUT2D eigenvalue weighted by Gasteiger charge is -2.20. The molecule has 3 aromatic heterocycles. The van der Waals surface area contributed by atoms with Crippen molar-refractivity contribution in [1.82, 2.24) is 29.8 Å². The van der Waals surface area contributed by atoms with E-state index < -0.39 is 0 Å². The van der Waals surface area contributed by atoms with E-state index in [0.29, 0.717) is 12.1 Å². The summed E-state index contributed by atoms with van der Waals surface area (Å²) in [7, 11) is 0. The minimum atomic E-state index is -0.343. The van der Waals surface area contributed by atoms with Crippen molar-refractivity contribution in [2.75, 3.05) is 5.75 Å². The molecule has 0 saturated carbocycles. The van der Waals surface area contributed by atoms with E-state index in [1.54, 1.807) is 6.20 Å². The van der Waals surface area contributed by atoms with Crippen LogP contribution in [0.25, 0.3) is 21.9 Å². The van der Waals surface area contributed by atoms with Gasteiger partial charge < -0.3 is 14.9 Å². The van der Waals surface area contributed by atoms with Crippen LogP contribution in [-0.4, -0.2) is 36.2 Å². The average molecular weight is 513 g/mol. The van der Waals surface area contributed by atoms with Gasteiger partial charge >= 0.3 is 0 Å². The third-order valence-corrected chi connectivity index (χ3v) is 7.67. The van der Waals surface area contributed by atoms with E-state index in [4.69, 9.17) is 4.98 Å². The third kappa shape index (κ3) is 5.54. The van der Waals surface area contributed by atoms with E-state index in [0.717, 1.165) is 64.9 Å². The zero-order chi connectivity index (χ0) is 25.6. The van der Waals surface area contributed by atoms with E-state index >= 15 is 0 Å². The van der Waals surface area contributed by atoms with E-state index in [-0.39, 0.29) is 11.9 Å². The molecule has 0 radical (unpaired) electrons. The van der Waals surface area contributed by atoms with E-state index in [2.05, 4.69) is 69.0 Å². The number of fused-ring (bicyclic) bond motifs is 2. The van der Waals surface area contributed by atoms with Gasteiger partial charge in [-0.3, -0.25) is 9.78 Å². The van der Waals surface area contributed by atoms with Gasteiger partial charge in [-0.25, -0.2) is 9.97 Å². The molecule has 0 spiro atoms. The highest BCUT2D eigenvalue weighted by Gasteiger charge is 2.25. The first-order chi connectivity index (χ1) is 18.2. The van der Waals surface area contributed by atoms with Crippen molar-refractivity contribution >= 4 is 39.6 Å². The van der Waals surface area contributed by atoms with Gasteiger partial charge in [0.1, 0.15) is 11.5 Å². The van der Waals surface area contributed by atoms with Crippen LogP contribution in [0.2, 0.25) is 0 Å². The number of amides is 1. The molecule has 0 saturated heterocycles. The molecule has 0 aliphatic heterocycles. The predicted octanol–water partition coefficient (Wildman–Crippen LogP) is 6.32. The van der Waals surface area contributed by atoms with Crippen LogP contribution in [0.5, 0.6) is 0 Å². The number of nitrogens with one attached hydrogen (secondary N) is 2. The molecule has 1 amide bonds. The summed E-state index contributed by atoms with van der Waals surface area (Å²) in [5.41, 5.74) is 4.56. The van der Waals surface area contributed by atoms with Gasteiger partial charge in [-0.05, 0) is 48.4 Å². The Balaban J connectivity index is 1.58. The molecule has 190 valence electrons. The summed E-state index contributed by atoms with van der Waals surface area (Å²) in [5, 5.41) is 4.38. The standard InChI is InChI=1S/C29H32N6OS/c1-3-5-14-35-27-11-10-21(37-15-4-2)17-24(27)33-28(35)25(34-29(36)26-19-30-12-13-31-26)16-20-18-32-23-9-7-6-8-22(20)23/h6-13,17-19,25,32H,3-5,14-16H2,1-2H3,(H,34,36). The van der Waals surface area contributed by atoms with E-state index in [1.807, 2.05) is 30.1 Å². The first-order valence-corrected chi connectivity index (χ1v) is 13.9. The van der Waals surface area contributed by atoms with Gasteiger partial charge in [0, 0.05) is 47.4 Å². The zero-order valence-corrected chi connectivity index (χ0v) is 22.1. The molecule has 37 heavy (non-hydrogen) atoms. The van der Waals surface area contributed by atoms with E-state index in [1.165, 1.54) is 17.3 Å². The van der Waals surface area contributed by atoms with Crippen LogP contribution in [0.15, 0.2) is 72.1 Å². The fourth-order valence-electron chi connectivity index (χ4n) is 4.63. The molecular weight excluding hydrogens is 480 g/mol. The van der Waals surface area contributed by atoms with Crippen LogP contribution in [0, 0.1) is 0 Å². The Morgan fingerprint density at radius 1 is 1.14 bits per heavy atom. The molecule has 0 fully saturated rings. The molecule has 8 heteroatoms. The molecule has 7 nitrogen and oxygen atoms in total. The number of hydrogen-bond donors (Lipinski definition) is 2. The minimum absolute atomic E-state index is 0.258. The third-order valence-electron chi connectivity index (χ3n) is 6.47. The Hall–Kier alpha value is -3.65. The van der Waals surface area contributed by atoms with Crippen LogP contribution in [0.3, 0.4) is 0 Å². The van der Waals surface area contributed by atoms with Gasteiger partial charge in [-0.1, -0.05) is 38.5 Å². The normalized spacial score (nSPS) is 12.3. The summed E-state index contributed by atoms with van der Waals surface area (Å²) in [6, 6.07) is 14.4. The number of hydrogen-bond acceptors (Lipinski definition) is 5. The lowest BCUT2D eigenvalue weighted by Crippen LogP contribution is -2.32. The molecule has 1 atom stereocenters. The molecule has 0 aliphatic rings. The number of benzene rings is 2. The molecule has 2 aromatic carbocycles. The molecular formula is C29H32N6OS. The van der Waals surface area contributed by atoms with Crippen molar-refractivity contribution in [1.29, 1.82) is 0 Å². The number of aromatic amines is 1. The number of carbonyl (C=O) groups excluding carboxylic acids is 1. The second-order valence-electron chi connectivity index (χ2n) is 9.15. The number of para-hydroxylation sites is 1. The summed E-state index contributed by atoms with van der Waals surface area (Å²) in [5.74, 6) is 1.68. The van der Waals surface area contributed by atoms with Crippen molar-refractivity contribution in [3.8, 4) is 0 Å². The van der Waals surface area contributed by atoms with Gasteiger partial charge in [0.2, 0.25) is 0 Å². The number of H-pyrrole nitrogens is 1.